The Bertz CT molecular complexity index is 735. The standard InChI is InChI=1S/C14H11ClN4O2/c15-10-5-3-9(4-6-10)14(20)16-8-12-17-13(19-18-12)11-2-1-7-21-11/h1-7H,8H2,(H,16,20)(H,17,18,19). The van der Waals surface area contributed by atoms with Crippen LogP contribution in [0.2, 0.25) is 5.02 Å². The number of benzene rings is 1. The molecule has 106 valence electrons. The van der Waals surface area contributed by atoms with Gasteiger partial charge in [0.1, 0.15) is 5.82 Å². The summed E-state index contributed by atoms with van der Waals surface area (Å²) >= 11 is 5.78. The molecule has 0 aliphatic rings. The van der Waals surface area contributed by atoms with Gasteiger partial charge in [0.25, 0.3) is 5.91 Å². The summed E-state index contributed by atoms with van der Waals surface area (Å²) in [7, 11) is 0. The van der Waals surface area contributed by atoms with E-state index in [4.69, 9.17) is 16.0 Å². The fraction of sp³-hybridized carbons (Fsp3) is 0.0714. The van der Waals surface area contributed by atoms with Gasteiger partial charge in [-0.3, -0.25) is 9.89 Å². The summed E-state index contributed by atoms with van der Waals surface area (Å²) in [6.07, 6.45) is 1.55. The Hall–Kier alpha value is -2.60. The number of halogens is 1. The van der Waals surface area contributed by atoms with E-state index >= 15 is 0 Å². The van der Waals surface area contributed by atoms with Crippen molar-refractivity contribution in [2.75, 3.05) is 0 Å². The van der Waals surface area contributed by atoms with E-state index in [0.29, 0.717) is 28.0 Å². The van der Waals surface area contributed by atoms with Crippen molar-refractivity contribution in [3.8, 4) is 11.6 Å². The second-order valence-corrected chi connectivity index (χ2v) is 4.71. The number of aromatic amines is 1. The van der Waals surface area contributed by atoms with Crippen LogP contribution in [0.1, 0.15) is 16.2 Å². The molecular weight excluding hydrogens is 292 g/mol. The Kier molecular flexibility index (Phi) is 3.70. The van der Waals surface area contributed by atoms with Gasteiger partial charge in [0.15, 0.2) is 5.76 Å². The number of furan rings is 1. The normalized spacial score (nSPS) is 10.5. The molecule has 0 bridgehead atoms. The lowest BCUT2D eigenvalue weighted by molar-refractivity contribution is 0.0950. The van der Waals surface area contributed by atoms with Gasteiger partial charge in [-0.05, 0) is 36.4 Å². The number of nitrogens with one attached hydrogen (secondary N) is 2. The van der Waals surface area contributed by atoms with E-state index in [1.807, 2.05) is 0 Å². The van der Waals surface area contributed by atoms with Crippen molar-refractivity contribution in [2.45, 2.75) is 6.54 Å². The topological polar surface area (TPSA) is 83.8 Å². The summed E-state index contributed by atoms with van der Waals surface area (Å²) in [5.74, 6) is 1.36. The van der Waals surface area contributed by atoms with Gasteiger partial charge in [-0.2, -0.15) is 0 Å². The minimum atomic E-state index is -0.206. The van der Waals surface area contributed by atoms with Crippen LogP contribution in [0.15, 0.2) is 47.1 Å². The first-order valence-electron chi connectivity index (χ1n) is 6.21. The maximum absolute atomic E-state index is 11.9. The van der Waals surface area contributed by atoms with Crippen molar-refractivity contribution in [3.63, 3.8) is 0 Å². The van der Waals surface area contributed by atoms with Crippen LogP contribution in [0.4, 0.5) is 0 Å². The lowest BCUT2D eigenvalue weighted by Crippen LogP contribution is -2.23. The first-order valence-corrected chi connectivity index (χ1v) is 6.59. The highest BCUT2D eigenvalue weighted by Crippen LogP contribution is 2.14. The van der Waals surface area contributed by atoms with Crippen molar-refractivity contribution >= 4 is 17.5 Å². The average molecular weight is 303 g/mol. The van der Waals surface area contributed by atoms with Crippen molar-refractivity contribution in [2.24, 2.45) is 0 Å². The zero-order valence-corrected chi connectivity index (χ0v) is 11.6. The Morgan fingerprint density at radius 3 is 2.81 bits per heavy atom. The Morgan fingerprint density at radius 1 is 1.29 bits per heavy atom. The Morgan fingerprint density at radius 2 is 2.10 bits per heavy atom. The molecule has 3 rings (SSSR count). The first-order chi connectivity index (χ1) is 10.2. The van der Waals surface area contributed by atoms with E-state index in [-0.39, 0.29) is 12.5 Å². The molecule has 6 nitrogen and oxygen atoms in total. The van der Waals surface area contributed by atoms with Crippen molar-refractivity contribution in [1.82, 2.24) is 20.5 Å². The number of rotatable bonds is 4. The Balaban J connectivity index is 1.62. The van der Waals surface area contributed by atoms with Crippen LogP contribution < -0.4 is 5.32 Å². The fourth-order valence-electron chi connectivity index (χ4n) is 1.76. The quantitative estimate of drug-likeness (QED) is 0.776. The molecule has 0 spiro atoms. The number of aromatic nitrogens is 3. The van der Waals surface area contributed by atoms with Gasteiger partial charge in [-0.25, -0.2) is 4.98 Å². The molecule has 3 aromatic rings. The summed E-state index contributed by atoms with van der Waals surface area (Å²) < 4.78 is 5.19. The zero-order valence-electron chi connectivity index (χ0n) is 10.8. The third kappa shape index (κ3) is 3.11. The summed E-state index contributed by atoms with van der Waals surface area (Å²) in [4.78, 5) is 16.2. The van der Waals surface area contributed by atoms with Crippen LogP contribution >= 0.6 is 11.6 Å². The molecule has 0 saturated carbocycles. The molecule has 2 aromatic heterocycles. The number of carbonyl (C=O) groups is 1. The molecule has 0 aliphatic heterocycles. The summed E-state index contributed by atoms with van der Waals surface area (Å²) in [6.45, 7) is 0.245. The molecule has 21 heavy (non-hydrogen) atoms. The number of H-pyrrole nitrogens is 1. The maximum Gasteiger partial charge on any atom is 0.251 e. The van der Waals surface area contributed by atoms with Gasteiger partial charge in [-0.15, -0.1) is 5.10 Å². The highest BCUT2D eigenvalue weighted by molar-refractivity contribution is 6.30. The number of hydrogen-bond donors (Lipinski definition) is 2. The van der Waals surface area contributed by atoms with Crippen LogP contribution in [0.25, 0.3) is 11.6 Å². The highest BCUT2D eigenvalue weighted by Gasteiger charge is 2.10. The molecule has 0 unspecified atom stereocenters. The summed E-state index contributed by atoms with van der Waals surface area (Å²) in [6, 6.07) is 10.2. The van der Waals surface area contributed by atoms with Crippen LogP contribution in [-0.4, -0.2) is 21.1 Å². The van der Waals surface area contributed by atoms with Gasteiger partial charge >= 0.3 is 0 Å². The van der Waals surface area contributed by atoms with Gasteiger partial charge in [0.05, 0.1) is 12.8 Å². The third-order valence-electron chi connectivity index (χ3n) is 2.80. The van der Waals surface area contributed by atoms with E-state index in [2.05, 4.69) is 20.5 Å². The fourth-order valence-corrected chi connectivity index (χ4v) is 1.88. The molecule has 0 fully saturated rings. The third-order valence-corrected chi connectivity index (χ3v) is 3.05. The predicted octanol–water partition coefficient (Wildman–Crippen LogP) is 2.65. The van der Waals surface area contributed by atoms with Crippen LogP contribution in [-0.2, 0) is 6.54 Å². The predicted molar refractivity (Wildman–Crippen MR) is 76.7 cm³/mol. The number of nitrogens with zero attached hydrogens (tertiary/aromatic N) is 2. The minimum absolute atomic E-state index is 0.206. The average Bonchev–Trinajstić information content (AvgIpc) is 3.16. The molecule has 1 aromatic carbocycles. The lowest BCUT2D eigenvalue weighted by atomic mass is 10.2. The van der Waals surface area contributed by atoms with Gasteiger partial charge < -0.3 is 9.73 Å². The molecule has 2 N–H and O–H groups in total. The minimum Gasteiger partial charge on any atom is -0.461 e. The first kappa shape index (κ1) is 13.4. The molecule has 1 amide bonds. The van der Waals surface area contributed by atoms with Crippen molar-refractivity contribution < 1.29 is 9.21 Å². The largest absolute Gasteiger partial charge is 0.461 e. The second kappa shape index (κ2) is 5.80. The molecule has 0 radical (unpaired) electrons. The number of amides is 1. The van der Waals surface area contributed by atoms with E-state index in [9.17, 15) is 4.79 Å². The summed E-state index contributed by atoms with van der Waals surface area (Å²) in [5.41, 5.74) is 0.533. The van der Waals surface area contributed by atoms with Gasteiger partial charge in [0.2, 0.25) is 5.82 Å². The van der Waals surface area contributed by atoms with E-state index in [1.165, 1.54) is 0 Å². The van der Waals surface area contributed by atoms with E-state index in [0.717, 1.165) is 0 Å². The monoisotopic (exact) mass is 302 g/mol. The number of carbonyl (C=O) groups excluding carboxylic acids is 1. The highest BCUT2D eigenvalue weighted by atomic mass is 35.5. The molecule has 0 atom stereocenters. The second-order valence-electron chi connectivity index (χ2n) is 4.27. The van der Waals surface area contributed by atoms with Gasteiger partial charge in [0, 0.05) is 10.6 Å². The van der Waals surface area contributed by atoms with E-state index < -0.39 is 0 Å². The number of hydrogen-bond acceptors (Lipinski definition) is 4. The zero-order chi connectivity index (χ0) is 14.7. The summed E-state index contributed by atoms with van der Waals surface area (Å²) in [5, 5.41) is 10.1. The molecule has 0 aliphatic carbocycles. The van der Waals surface area contributed by atoms with Crippen LogP contribution in [0.5, 0.6) is 0 Å². The lowest BCUT2D eigenvalue weighted by Gasteiger charge is -2.02. The molecule has 2 heterocycles. The van der Waals surface area contributed by atoms with Gasteiger partial charge in [-0.1, -0.05) is 11.6 Å². The molecular formula is C14H11ClN4O2. The smallest absolute Gasteiger partial charge is 0.251 e. The van der Waals surface area contributed by atoms with Crippen LogP contribution in [0, 0.1) is 0 Å². The SMILES string of the molecule is O=C(NCc1nc(-c2ccco2)n[nH]1)c1ccc(Cl)cc1. The van der Waals surface area contributed by atoms with E-state index in [1.54, 1.807) is 42.7 Å². The Labute approximate surface area is 125 Å². The molecule has 7 heteroatoms. The van der Waals surface area contributed by atoms with Crippen LogP contribution in [0.3, 0.4) is 0 Å². The molecule has 0 saturated heterocycles. The van der Waals surface area contributed by atoms with Crippen molar-refractivity contribution in [1.29, 1.82) is 0 Å². The maximum atomic E-state index is 11.9. The van der Waals surface area contributed by atoms with Crippen molar-refractivity contribution in [3.05, 3.63) is 59.1 Å².